The van der Waals surface area contributed by atoms with Crippen LogP contribution in [0.5, 0.6) is 0 Å². The highest BCUT2D eigenvalue weighted by atomic mass is 16.5. The Morgan fingerprint density at radius 2 is 2.00 bits per heavy atom. The molecule has 0 fully saturated rings. The molecule has 0 aliphatic carbocycles. The van der Waals surface area contributed by atoms with E-state index < -0.39 is 0 Å². The standard InChI is InChI=1S/C11H21NO/c1-4-6-10(7-5-2)11-12-8-9(3)13-11/h9-10H,4-8H2,1-3H3. The summed E-state index contributed by atoms with van der Waals surface area (Å²) in [5, 5.41) is 0. The van der Waals surface area contributed by atoms with Gasteiger partial charge in [-0.05, 0) is 19.8 Å². The van der Waals surface area contributed by atoms with Crippen molar-refractivity contribution in [2.75, 3.05) is 6.54 Å². The lowest BCUT2D eigenvalue weighted by molar-refractivity contribution is 0.225. The minimum absolute atomic E-state index is 0.311. The van der Waals surface area contributed by atoms with Gasteiger partial charge in [0.1, 0.15) is 6.10 Å². The summed E-state index contributed by atoms with van der Waals surface area (Å²) >= 11 is 0. The average Bonchev–Trinajstić information content (AvgIpc) is 2.51. The van der Waals surface area contributed by atoms with Crippen molar-refractivity contribution in [3.8, 4) is 0 Å². The third-order valence-electron chi connectivity index (χ3n) is 2.45. The fourth-order valence-electron chi connectivity index (χ4n) is 1.81. The topological polar surface area (TPSA) is 21.6 Å². The molecular formula is C11H21NO. The average molecular weight is 183 g/mol. The van der Waals surface area contributed by atoms with E-state index in [1.807, 2.05) is 0 Å². The Bertz CT molecular complexity index is 171. The maximum absolute atomic E-state index is 5.68. The van der Waals surface area contributed by atoms with Gasteiger partial charge in [-0.25, -0.2) is 0 Å². The Balaban J connectivity index is 2.44. The molecule has 0 bridgehead atoms. The number of aliphatic imine (C=N–C) groups is 1. The van der Waals surface area contributed by atoms with Crippen LogP contribution in [0.4, 0.5) is 0 Å². The van der Waals surface area contributed by atoms with Crippen molar-refractivity contribution >= 4 is 5.90 Å². The molecule has 0 N–H and O–H groups in total. The molecule has 1 heterocycles. The first kappa shape index (κ1) is 10.6. The molecular weight excluding hydrogens is 162 g/mol. The number of rotatable bonds is 5. The van der Waals surface area contributed by atoms with Crippen LogP contribution in [0.3, 0.4) is 0 Å². The summed E-state index contributed by atoms with van der Waals surface area (Å²) in [6.07, 6.45) is 5.20. The summed E-state index contributed by atoms with van der Waals surface area (Å²) in [6.45, 7) is 7.40. The first-order chi connectivity index (χ1) is 6.27. The molecule has 0 amide bonds. The SMILES string of the molecule is CCCC(CCC)C1=NCC(C)O1. The van der Waals surface area contributed by atoms with Crippen molar-refractivity contribution in [1.29, 1.82) is 0 Å². The van der Waals surface area contributed by atoms with E-state index in [1.54, 1.807) is 0 Å². The molecule has 0 aromatic carbocycles. The molecule has 76 valence electrons. The molecule has 0 spiro atoms. The van der Waals surface area contributed by atoms with E-state index in [-0.39, 0.29) is 0 Å². The van der Waals surface area contributed by atoms with Crippen molar-refractivity contribution in [1.82, 2.24) is 0 Å². The van der Waals surface area contributed by atoms with Gasteiger partial charge in [0, 0.05) is 5.92 Å². The van der Waals surface area contributed by atoms with Crippen LogP contribution in [-0.2, 0) is 4.74 Å². The van der Waals surface area contributed by atoms with E-state index in [2.05, 4.69) is 25.8 Å². The maximum atomic E-state index is 5.68. The minimum atomic E-state index is 0.311. The smallest absolute Gasteiger partial charge is 0.186 e. The third kappa shape index (κ3) is 3.02. The van der Waals surface area contributed by atoms with Crippen LogP contribution in [0.2, 0.25) is 0 Å². The zero-order chi connectivity index (χ0) is 9.68. The summed E-state index contributed by atoms with van der Waals surface area (Å²) in [4.78, 5) is 4.45. The van der Waals surface area contributed by atoms with Crippen LogP contribution in [0.15, 0.2) is 4.99 Å². The van der Waals surface area contributed by atoms with E-state index in [0.717, 1.165) is 12.4 Å². The van der Waals surface area contributed by atoms with Crippen LogP contribution in [-0.4, -0.2) is 18.5 Å². The summed E-state index contributed by atoms with van der Waals surface area (Å²) in [5.74, 6) is 1.61. The van der Waals surface area contributed by atoms with Crippen LogP contribution in [0.1, 0.15) is 46.5 Å². The van der Waals surface area contributed by atoms with Gasteiger partial charge in [0.2, 0.25) is 0 Å². The van der Waals surface area contributed by atoms with Crippen molar-refractivity contribution in [2.45, 2.75) is 52.6 Å². The maximum Gasteiger partial charge on any atom is 0.186 e. The quantitative estimate of drug-likeness (QED) is 0.642. The second kappa shape index (κ2) is 5.25. The minimum Gasteiger partial charge on any atom is -0.476 e. The lowest BCUT2D eigenvalue weighted by Gasteiger charge is -2.15. The zero-order valence-electron chi connectivity index (χ0n) is 9.05. The molecule has 0 radical (unpaired) electrons. The Morgan fingerprint density at radius 1 is 1.38 bits per heavy atom. The number of ether oxygens (including phenoxy) is 1. The lowest BCUT2D eigenvalue weighted by Crippen LogP contribution is -2.17. The third-order valence-corrected chi connectivity index (χ3v) is 2.45. The molecule has 13 heavy (non-hydrogen) atoms. The molecule has 1 aliphatic rings. The molecule has 1 rings (SSSR count). The number of hydrogen-bond acceptors (Lipinski definition) is 2. The van der Waals surface area contributed by atoms with Gasteiger partial charge in [-0.2, -0.15) is 0 Å². The normalized spacial score (nSPS) is 21.8. The Morgan fingerprint density at radius 3 is 2.38 bits per heavy atom. The van der Waals surface area contributed by atoms with Crippen molar-refractivity contribution < 1.29 is 4.74 Å². The molecule has 0 saturated heterocycles. The fraction of sp³-hybridized carbons (Fsp3) is 0.909. The highest BCUT2D eigenvalue weighted by Crippen LogP contribution is 2.20. The first-order valence-electron chi connectivity index (χ1n) is 5.48. The number of nitrogens with zero attached hydrogens (tertiary/aromatic N) is 1. The van der Waals surface area contributed by atoms with Gasteiger partial charge in [0.15, 0.2) is 5.90 Å². The highest BCUT2D eigenvalue weighted by Gasteiger charge is 2.22. The van der Waals surface area contributed by atoms with E-state index in [4.69, 9.17) is 4.74 Å². The van der Waals surface area contributed by atoms with Crippen LogP contribution in [0.25, 0.3) is 0 Å². The number of hydrogen-bond donors (Lipinski definition) is 0. The first-order valence-corrected chi connectivity index (χ1v) is 5.48. The Labute approximate surface area is 81.4 Å². The zero-order valence-corrected chi connectivity index (χ0v) is 9.05. The monoisotopic (exact) mass is 183 g/mol. The van der Waals surface area contributed by atoms with Crippen LogP contribution >= 0.6 is 0 Å². The highest BCUT2D eigenvalue weighted by molar-refractivity contribution is 5.80. The largest absolute Gasteiger partial charge is 0.476 e. The second-order valence-electron chi connectivity index (χ2n) is 3.88. The van der Waals surface area contributed by atoms with Gasteiger partial charge in [-0.3, -0.25) is 4.99 Å². The fourth-order valence-corrected chi connectivity index (χ4v) is 1.81. The molecule has 2 heteroatoms. The van der Waals surface area contributed by atoms with Gasteiger partial charge in [0.05, 0.1) is 6.54 Å². The summed E-state index contributed by atoms with van der Waals surface area (Å²) in [7, 11) is 0. The molecule has 1 atom stereocenters. The van der Waals surface area contributed by atoms with Gasteiger partial charge in [-0.15, -0.1) is 0 Å². The van der Waals surface area contributed by atoms with Gasteiger partial charge in [-0.1, -0.05) is 26.7 Å². The van der Waals surface area contributed by atoms with E-state index >= 15 is 0 Å². The van der Waals surface area contributed by atoms with E-state index in [9.17, 15) is 0 Å². The Hall–Kier alpha value is -0.530. The molecule has 0 aromatic heterocycles. The second-order valence-corrected chi connectivity index (χ2v) is 3.88. The summed E-state index contributed by atoms with van der Waals surface area (Å²) in [6, 6.07) is 0. The van der Waals surface area contributed by atoms with E-state index in [1.165, 1.54) is 25.7 Å². The van der Waals surface area contributed by atoms with Crippen molar-refractivity contribution in [3.05, 3.63) is 0 Å². The van der Waals surface area contributed by atoms with Crippen molar-refractivity contribution in [2.24, 2.45) is 10.9 Å². The van der Waals surface area contributed by atoms with Gasteiger partial charge in [0.25, 0.3) is 0 Å². The molecule has 1 unspecified atom stereocenters. The van der Waals surface area contributed by atoms with E-state index in [0.29, 0.717) is 12.0 Å². The lowest BCUT2D eigenvalue weighted by atomic mass is 9.98. The summed E-state index contributed by atoms with van der Waals surface area (Å²) < 4.78 is 5.68. The van der Waals surface area contributed by atoms with Crippen LogP contribution in [0, 0.1) is 5.92 Å². The predicted octanol–water partition coefficient (Wildman–Crippen LogP) is 3.02. The predicted molar refractivity (Wildman–Crippen MR) is 56.2 cm³/mol. The molecule has 0 aromatic rings. The van der Waals surface area contributed by atoms with Gasteiger partial charge >= 0.3 is 0 Å². The molecule has 2 nitrogen and oxygen atoms in total. The van der Waals surface area contributed by atoms with Gasteiger partial charge < -0.3 is 4.74 Å². The van der Waals surface area contributed by atoms with Crippen molar-refractivity contribution in [3.63, 3.8) is 0 Å². The van der Waals surface area contributed by atoms with Crippen LogP contribution < -0.4 is 0 Å². The molecule has 1 aliphatic heterocycles. The Kier molecular flexibility index (Phi) is 4.26. The molecule has 0 saturated carbocycles. The summed E-state index contributed by atoms with van der Waals surface area (Å²) in [5.41, 5.74) is 0.